The van der Waals surface area contributed by atoms with Crippen LogP contribution in [-0.4, -0.2) is 51.0 Å². The molecule has 1 aliphatic carbocycles. The molecule has 1 aliphatic heterocycles. The van der Waals surface area contributed by atoms with Gasteiger partial charge in [0.1, 0.15) is 0 Å². The first kappa shape index (κ1) is 14.3. The monoisotopic (exact) mass is 274 g/mol. The fraction of sp³-hybridized carbons (Fsp3) is 1.00. The predicted octanol–water partition coefficient (Wildman–Crippen LogP) is 1.02. The van der Waals surface area contributed by atoms with Crippen LogP contribution in [0.15, 0.2) is 0 Å². The Morgan fingerprint density at radius 3 is 2.06 bits per heavy atom. The van der Waals surface area contributed by atoms with Crippen molar-refractivity contribution in [3.63, 3.8) is 0 Å². The van der Waals surface area contributed by atoms with Gasteiger partial charge in [-0.15, -0.1) is 0 Å². The van der Waals surface area contributed by atoms with Crippen molar-refractivity contribution in [2.45, 2.75) is 38.5 Å². The molecule has 2 N–H and O–H groups in total. The molecule has 0 aromatic rings. The van der Waals surface area contributed by atoms with Gasteiger partial charge in [-0.25, -0.2) is 8.42 Å². The van der Waals surface area contributed by atoms with E-state index in [9.17, 15) is 8.42 Å². The van der Waals surface area contributed by atoms with Crippen molar-refractivity contribution >= 4 is 9.84 Å². The van der Waals surface area contributed by atoms with Gasteiger partial charge in [-0.3, -0.25) is 0 Å². The molecule has 0 aromatic carbocycles. The first-order valence-corrected chi connectivity index (χ1v) is 9.00. The molecule has 1 saturated heterocycles. The number of nitrogens with zero attached hydrogens (tertiary/aromatic N) is 1. The summed E-state index contributed by atoms with van der Waals surface area (Å²) in [6, 6.07) is 0. The van der Waals surface area contributed by atoms with E-state index in [1.165, 1.54) is 38.5 Å². The van der Waals surface area contributed by atoms with E-state index in [4.69, 9.17) is 5.73 Å². The minimum Gasteiger partial charge on any atom is -0.330 e. The molecule has 0 unspecified atom stereocenters. The van der Waals surface area contributed by atoms with E-state index in [-0.39, 0.29) is 5.41 Å². The van der Waals surface area contributed by atoms with Gasteiger partial charge >= 0.3 is 0 Å². The molecule has 0 aromatic heterocycles. The summed E-state index contributed by atoms with van der Waals surface area (Å²) in [5.74, 6) is 0.654. The van der Waals surface area contributed by atoms with Crippen molar-refractivity contribution < 1.29 is 8.42 Å². The van der Waals surface area contributed by atoms with E-state index in [0.717, 1.165) is 13.1 Å². The Morgan fingerprint density at radius 2 is 1.56 bits per heavy atom. The summed E-state index contributed by atoms with van der Waals surface area (Å²) in [5.41, 5.74) is 6.28. The van der Waals surface area contributed by atoms with Crippen LogP contribution in [0.5, 0.6) is 0 Å². The molecular weight excluding hydrogens is 248 g/mol. The summed E-state index contributed by atoms with van der Waals surface area (Å²) in [6.45, 7) is 3.14. The molecule has 0 radical (unpaired) electrons. The highest BCUT2D eigenvalue weighted by Gasteiger charge is 2.33. The Hall–Kier alpha value is -0.130. The molecule has 0 bridgehead atoms. The molecule has 2 rings (SSSR count). The third-order valence-electron chi connectivity index (χ3n) is 4.59. The number of rotatable bonds is 3. The van der Waals surface area contributed by atoms with Gasteiger partial charge in [0.2, 0.25) is 0 Å². The van der Waals surface area contributed by atoms with Crippen LogP contribution in [0.4, 0.5) is 0 Å². The summed E-state index contributed by atoms with van der Waals surface area (Å²) in [4.78, 5) is 2.32. The van der Waals surface area contributed by atoms with E-state index in [2.05, 4.69) is 4.90 Å². The summed E-state index contributed by atoms with van der Waals surface area (Å²) in [6.07, 6.45) is 7.65. The summed E-state index contributed by atoms with van der Waals surface area (Å²) >= 11 is 0. The normalized spacial score (nSPS) is 28.7. The van der Waals surface area contributed by atoms with Gasteiger partial charge in [-0.1, -0.05) is 25.7 Å². The van der Waals surface area contributed by atoms with Crippen LogP contribution in [0.2, 0.25) is 0 Å². The molecule has 18 heavy (non-hydrogen) atoms. The van der Waals surface area contributed by atoms with Crippen LogP contribution in [-0.2, 0) is 9.84 Å². The van der Waals surface area contributed by atoms with Gasteiger partial charge in [0.15, 0.2) is 9.84 Å². The Balaban J connectivity index is 1.93. The molecule has 1 heterocycles. The van der Waals surface area contributed by atoms with Gasteiger partial charge in [0.05, 0.1) is 11.5 Å². The van der Waals surface area contributed by atoms with Crippen LogP contribution in [0.1, 0.15) is 38.5 Å². The second kappa shape index (κ2) is 5.88. The van der Waals surface area contributed by atoms with E-state index in [1.54, 1.807) is 0 Å². The van der Waals surface area contributed by atoms with Crippen LogP contribution in [0.25, 0.3) is 0 Å². The molecule has 5 heteroatoms. The average Bonchev–Trinajstić information content (AvgIpc) is 2.58. The zero-order valence-corrected chi connectivity index (χ0v) is 12.1. The van der Waals surface area contributed by atoms with Crippen molar-refractivity contribution in [2.75, 3.05) is 37.7 Å². The van der Waals surface area contributed by atoms with Gasteiger partial charge in [0, 0.05) is 19.6 Å². The lowest BCUT2D eigenvalue weighted by molar-refractivity contribution is 0.143. The van der Waals surface area contributed by atoms with E-state index in [0.29, 0.717) is 24.6 Å². The fourth-order valence-electron chi connectivity index (χ4n) is 3.29. The number of hydrogen-bond acceptors (Lipinski definition) is 4. The van der Waals surface area contributed by atoms with Gasteiger partial charge in [-0.2, -0.15) is 0 Å². The van der Waals surface area contributed by atoms with Gasteiger partial charge in [-0.05, 0) is 24.8 Å². The standard InChI is InChI=1S/C13H26N2O2S/c14-11-13(5-3-1-2-4-6-13)12-15-7-9-18(16,17)10-8-15/h1-12,14H2. The lowest BCUT2D eigenvalue weighted by Gasteiger charge is -2.38. The smallest absolute Gasteiger partial charge is 0.152 e. The van der Waals surface area contributed by atoms with Crippen LogP contribution >= 0.6 is 0 Å². The third-order valence-corrected chi connectivity index (χ3v) is 6.20. The van der Waals surface area contributed by atoms with Crippen molar-refractivity contribution in [1.29, 1.82) is 0 Å². The summed E-state index contributed by atoms with van der Waals surface area (Å²) < 4.78 is 22.9. The number of sulfone groups is 1. The minimum atomic E-state index is -2.76. The lowest BCUT2D eigenvalue weighted by Crippen LogP contribution is -2.48. The van der Waals surface area contributed by atoms with Crippen molar-refractivity contribution in [2.24, 2.45) is 11.1 Å². The maximum Gasteiger partial charge on any atom is 0.152 e. The predicted molar refractivity (Wildman–Crippen MR) is 74.3 cm³/mol. The lowest BCUT2D eigenvalue weighted by atomic mass is 9.80. The Morgan fingerprint density at radius 1 is 1.00 bits per heavy atom. The minimum absolute atomic E-state index is 0.248. The van der Waals surface area contributed by atoms with Crippen molar-refractivity contribution in [3.05, 3.63) is 0 Å². The molecule has 106 valence electrons. The Kier molecular flexibility index (Phi) is 4.67. The highest BCUT2D eigenvalue weighted by Crippen LogP contribution is 2.35. The first-order chi connectivity index (χ1) is 8.55. The molecule has 2 fully saturated rings. The molecule has 2 aliphatic rings. The summed E-state index contributed by atoms with van der Waals surface area (Å²) in [5, 5.41) is 0. The SMILES string of the molecule is NCC1(CN2CCS(=O)(=O)CC2)CCCCCC1. The first-order valence-electron chi connectivity index (χ1n) is 7.18. The highest BCUT2D eigenvalue weighted by atomic mass is 32.2. The molecule has 0 atom stereocenters. The second-order valence-electron chi connectivity index (χ2n) is 6.05. The second-order valence-corrected chi connectivity index (χ2v) is 8.35. The average molecular weight is 274 g/mol. The number of hydrogen-bond donors (Lipinski definition) is 1. The van der Waals surface area contributed by atoms with Crippen LogP contribution < -0.4 is 5.73 Å². The topological polar surface area (TPSA) is 63.4 Å². The third kappa shape index (κ3) is 3.68. The zero-order valence-electron chi connectivity index (χ0n) is 11.2. The van der Waals surface area contributed by atoms with E-state index in [1.807, 2.05) is 0 Å². The largest absolute Gasteiger partial charge is 0.330 e. The maximum atomic E-state index is 11.4. The summed E-state index contributed by atoms with van der Waals surface area (Å²) in [7, 11) is -2.76. The van der Waals surface area contributed by atoms with Gasteiger partial charge < -0.3 is 10.6 Å². The van der Waals surface area contributed by atoms with Crippen molar-refractivity contribution in [1.82, 2.24) is 4.90 Å². The Labute approximate surface area is 111 Å². The molecule has 4 nitrogen and oxygen atoms in total. The molecular formula is C13H26N2O2S. The molecule has 1 saturated carbocycles. The Bertz CT molecular complexity index is 345. The highest BCUT2D eigenvalue weighted by molar-refractivity contribution is 7.91. The maximum absolute atomic E-state index is 11.4. The van der Waals surface area contributed by atoms with Crippen molar-refractivity contribution in [3.8, 4) is 0 Å². The van der Waals surface area contributed by atoms with E-state index >= 15 is 0 Å². The van der Waals surface area contributed by atoms with Crippen LogP contribution in [0, 0.1) is 5.41 Å². The molecule has 0 spiro atoms. The van der Waals surface area contributed by atoms with Gasteiger partial charge in [0.25, 0.3) is 0 Å². The number of nitrogens with two attached hydrogens (primary N) is 1. The zero-order chi connectivity index (χ0) is 13.1. The molecule has 0 amide bonds. The fourth-order valence-corrected chi connectivity index (χ4v) is 4.56. The van der Waals surface area contributed by atoms with E-state index < -0.39 is 9.84 Å². The quantitative estimate of drug-likeness (QED) is 0.780. The van der Waals surface area contributed by atoms with Crippen LogP contribution in [0.3, 0.4) is 0 Å².